The molecule has 0 saturated carbocycles. The first-order valence-corrected chi connectivity index (χ1v) is 8.14. The van der Waals surface area contributed by atoms with Crippen LogP contribution in [0.4, 0.5) is 11.4 Å². The average molecular weight is 309 g/mol. The molecule has 0 bridgehead atoms. The summed E-state index contributed by atoms with van der Waals surface area (Å²) in [6.07, 6.45) is 8.34. The maximum atomic E-state index is 6.02. The number of pyridine rings is 1. The first-order chi connectivity index (χ1) is 11.3. The summed E-state index contributed by atoms with van der Waals surface area (Å²) in [5.74, 6) is 0.473. The van der Waals surface area contributed by atoms with Crippen LogP contribution >= 0.6 is 0 Å². The minimum absolute atomic E-state index is 0.473. The van der Waals surface area contributed by atoms with Gasteiger partial charge in [-0.15, -0.1) is 0 Å². The second kappa shape index (κ2) is 7.63. The molecule has 23 heavy (non-hydrogen) atoms. The van der Waals surface area contributed by atoms with Gasteiger partial charge in [-0.2, -0.15) is 0 Å². The second-order valence-corrected chi connectivity index (χ2v) is 5.70. The lowest BCUT2D eigenvalue weighted by Gasteiger charge is -2.19. The smallest absolute Gasteiger partial charge is 0.193 e. The quantitative estimate of drug-likeness (QED) is 0.451. The predicted octanol–water partition coefficient (Wildman–Crippen LogP) is 2.80. The van der Waals surface area contributed by atoms with Crippen LogP contribution in [0.5, 0.6) is 0 Å². The molecule has 1 aromatic heterocycles. The van der Waals surface area contributed by atoms with Gasteiger partial charge in [0.05, 0.1) is 6.54 Å². The summed E-state index contributed by atoms with van der Waals surface area (Å²) in [6.45, 7) is 1.36. The molecule has 0 spiro atoms. The number of hydrogen-bond donors (Lipinski definition) is 3. The lowest BCUT2D eigenvalue weighted by molar-refractivity contribution is 0.687. The van der Waals surface area contributed by atoms with Crippen molar-refractivity contribution < 1.29 is 0 Å². The Balaban J connectivity index is 1.53. The minimum Gasteiger partial charge on any atom is -0.383 e. The van der Waals surface area contributed by atoms with Gasteiger partial charge in [0.25, 0.3) is 0 Å². The van der Waals surface area contributed by atoms with Gasteiger partial charge in [-0.1, -0.05) is 12.1 Å². The number of rotatable bonds is 5. The predicted molar refractivity (Wildman–Crippen MR) is 95.9 cm³/mol. The molecular weight excluding hydrogens is 286 g/mol. The van der Waals surface area contributed by atoms with Gasteiger partial charge in [-0.3, -0.25) is 9.98 Å². The normalized spacial score (nSPS) is 14.2. The van der Waals surface area contributed by atoms with E-state index >= 15 is 0 Å². The van der Waals surface area contributed by atoms with Crippen molar-refractivity contribution in [2.45, 2.75) is 25.7 Å². The number of guanidine groups is 1. The molecule has 2 aromatic rings. The van der Waals surface area contributed by atoms with E-state index in [1.54, 1.807) is 12.4 Å². The van der Waals surface area contributed by atoms with Crippen LogP contribution in [0.1, 0.15) is 24.0 Å². The first kappa shape index (κ1) is 15.3. The van der Waals surface area contributed by atoms with Crippen LogP contribution < -0.4 is 16.4 Å². The third-order valence-electron chi connectivity index (χ3n) is 4.06. The van der Waals surface area contributed by atoms with Gasteiger partial charge in [0.15, 0.2) is 5.96 Å². The molecule has 0 fully saturated rings. The molecule has 3 rings (SSSR count). The Morgan fingerprint density at radius 3 is 2.83 bits per heavy atom. The fourth-order valence-electron chi connectivity index (χ4n) is 2.92. The molecule has 5 heteroatoms. The maximum absolute atomic E-state index is 6.02. The highest BCUT2D eigenvalue weighted by atomic mass is 15.1. The largest absolute Gasteiger partial charge is 0.383 e. The molecule has 4 N–H and O–H groups in total. The number of hydrogen-bond acceptors (Lipinski definition) is 3. The van der Waals surface area contributed by atoms with Crippen LogP contribution in [-0.2, 0) is 12.8 Å². The van der Waals surface area contributed by atoms with Gasteiger partial charge in [-0.25, -0.2) is 0 Å². The Morgan fingerprint density at radius 1 is 1.13 bits per heavy atom. The van der Waals surface area contributed by atoms with Crippen molar-refractivity contribution in [1.82, 2.24) is 4.98 Å². The van der Waals surface area contributed by atoms with E-state index in [0.29, 0.717) is 12.5 Å². The Labute approximate surface area is 137 Å². The minimum atomic E-state index is 0.473. The molecule has 5 nitrogen and oxygen atoms in total. The van der Waals surface area contributed by atoms with Gasteiger partial charge < -0.3 is 16.4 Å². The Kier molecular flexibility index (Phi) is 5.09. The molecule has 1 aliphatic rings. The van der Waals surface area contributed by atoms with Crippen molar-refractivity contribution >= 4 is 17.3 Å². The van der Waals surface area contributed by atoms with Gasteiger partial charge >= 0.3 is 0 Å². The fraction of sp³-hybridized carbons (Fsp3) is 0.333. The zero-order chi connectivity index (χ0) is 15.9. The summed E-state index contributed by atoms with van der Waals surface area (Å²) in [6, 6.07) is 10.3. The highest BCUT2D eigenvalue weighted by molar-refractivity contribution is 5.93. The van der Waals surface area contributed by atoms with Crippen molar-refractivity contribution in [1.29, 1.82) is 0 Å². The topological polar surface area (TPSA) is 75.3 Å². The van der Waals surface area contributed by atoms with Crippen LogP contribution in [0.15, 0.2) is 47.7 Å². The number of nitrogens with two attached hydrogens (primary N) is 1. The summed E-state index contributed by atoms with van der Waals surface area (Å²) in [5.41, 5.74) is 11.0. The van der Waals surface area contributed by atoms with E-state index in [9.17, 15) is 0 Å². The van der Waals surface area contributed by atoms with Crippen LogP contribution in [0, 0.1) is 0 Å². The summed E-state index contributed by atoms with van der Waals surface area (Å²) in [5, 5.41) is 6.54. The molecule has 0 saturated heterocycles. The van der Waals surface area contributed by atoms with Crippen molar-refractivity contribution in [3.05, 3.63) is 53.9 Å². The van der Waals surface area contributed by atoms with Gasteiger partial charge in [-0.05, 0) is 55.0 Å². The van der Waals surface area contributed by atoms with E-state index in [1.807, 2.05) is 12.1 Å². The van der Waals surface area contributed by atoms with E-state index in [2.05, 4.69) is 38.8 Å². The molecule has 0 radical (unpaired) electrons. The van der Waals surface area contributed by atoms with Crippen LogP contribution in [0.3, 0.4) is 0 Å². The van der Waals surface area contributed by atoms with Crippen LogP contribution in [0.2, 0.25) is 0 Å². The summed E-state index contributed by atoms with van der Waals surface area (Å²) >= 11 is 0. The van der Waals surface area contributed by atoms with Crippen molar-refractivity contribution in [3.63, 3.8) is 0 Å². The van der Waals surface area contributed by atoms with Gasteiger partial charge in [0.2, 0.25) is 0 Å². The Bertz CT molecular complexity index is 666. The molecule has 0 amide bonds. The Morgan fingerprint density at radius 2 is 1.96 bits per heavy atom. The van der Waals surface area contributed by atoms with E-state index in [0.717, 1.165) is 30.8 Å². The number of aliphatic imine (C=N–C) groups is 1. The van der Waals surface area contributed by atoms with E-state index in [4.69, 9.17) is 5.73 Å². The molecular formula is C18H23N5. The zero-order valence-electron chi connectivity index (χ0n) is 13.3. The summed E-state index contributed by atoms with van der Waals surface area (Å²) in [4.78, 5) is 8.37. The maximum Gasteiger partial charge on any atom is 0.193 e. The Hall–Kier alpha value is -2.56. The molecule has 1 heterocycles. The number of aromatic nitrogens is 1. The second-order valence-electron chi connectivity index (χ2n) is 5.70. The number of nitrogens with zero attached hydrogens (tertiary/aromatic N) is 2. The molecule has 1 aromatic carbocycles. The lowest BCUT2D eigenvalue weighted by atomic mass is 9.90. The number of nitrogens with one attached hydrogen (secondary N) is 2. The van der Waals surface area contributed by atoms with Crippen molar-refractivity contribution in [2.24, 2.45) is 10.7 Å². The monoisotopic (exact) mass is 309 g/mol. The highest BCUT2D eigenvalue weighted by Crippen LogP contribution is 2.27. The van der Waals surface area contributed by atoms with Crippen LogP contribution in [0.25, 0.3) is 0 Å². The van der Waals surface area contributed by atoms with Gasteiger partial charge in [0, 0.05) is 30.3 Å². The number of anilines is 2. The van der Waals surface area contributed by atoms with E-state index < -0.39 is 0 Å². The molecule has 0 unspecified atom stereocenters. The van der Waals surface area contributed by atoms with E-state index in [1.165, 1.54) is 24.0 Å². The zero-order valence-corrected chi connectivity index (χ0v) is 13.3. The number of benzene rings is 1. The third kappa shape index (κ3) is 4.22. The van der Waals surface area contributed by atoms with Crippen molar-refractivity contribution in [3.8, 4) is 0 Å². The molecule has 0 aliphatic heterocycles. The SMILES string of the molecule is NC(=NCCNc1ccncc1)Nc1cccc2c1CCCC2. The fourth-order valence-corrected chi connectivity index (χ4v) is 2.92. The first-order valence-electron chi connectivity index (χ1n) is 8.14. The lowest BCUT2D eigenvalue weighted by Crippen LogP contribution is -2.25. The molecule has 0 atom stereocenters. The standard InChI is InChI=1S/C18H23N5/c19-18(22-13-12-21-15-8-10-20-11-9-15)23-17-7-3-5-14-4-1-2-6-16(14)17/h3,5,7-11H,1-2,4,6,12-13H2,(H,20,21)(H3,19,22,23). The molecule has 1 aliphatic carbocycles. The number of fused-ring (bicyclic) bond motifs is 1. The van der Waals surface area contributed by atoms with E-state index in [-0.39, 0.29) is 0 Å². The molecule has 120 valence electrons. The van der Waals surface area contributed by atoms with Gasteiger partial charge in [0.1, 0.15) is 0 Å². The van der Waals surface area contributed by atoms with Crippen molar-refractivity contribution in [2.75, 3.05) is 23.7 Å². The highest BCUT2D eigenvalue weighted by Gasteiger charge is 2.12. The summed E-state index contributed by atoms with van der Waals surface area (Å²) in [7, 11) is 0. The number of aryl methyl sites for hydroxylation is 1. The third-order valence-corrected chi connectivity index (χ3v) is 4.06. The summed E-state index contributed by atoms with van der Waals surface area (Å²) < 4.78 is 0. The van der Waals surface area contributed by atoms with Crippen LogP contribution in [-0.4, -0.2) is 24.0 Å². The average Bonchev–Trinajstić information content (AvgIpc) is 2.60.